The number of likely N-dealkylation sites (N-methyl/N-ethyl adjacent to an activating group) is 1. The molecule has 0 rings (SSSR count). The zero-order chi connectivity index (χ0) is 43.6. The Morgan fingerprint density at radius 1 is 0.593 bits per heavy atom. The van der Waals surface area contributed by atoms with Crippen LogP contribution >= 0.6 is 7.82 Å². The summed E-state index contributed by atoms with van der Waals surface area (Å²) in [5, 5.41) is 13.8. The number of aliphatic hydroxyl groups is 1. The van der Waals surface area contributed by atoms with E-state index in [1.165, 1.54) is 25.7 Å². The molecule has 0 aromatic heterocycles. The van der Waals surface area contributed by atoms with Gasteiger partial charge >= 0.3 is 7.82 Å². The molecule has 0 spiro atoms. The first-order valence-corrected chi connectivity index (χ1v) is 24.3. The molecule has 0 aromatic carbocycles. The summed E-state index contributed by atoms with van der Waals surface area (Å²) in [5.74, 6) is -0.223. The molecule has 0 aromatic rings. The van der Waals surface area contributed by atoms with Crippen molar-refractivity contribution in [3.63, 3.8) is 0 Å². The molecule has 0 aliphatic heterocycles. The average molecular weight is 842 g/mol. The molecule has 59 heavy (non-hydrogen) atoms. The smallest absolute Gasteiger partial charge is 0.387 e. The molecule has 1 amide bonds. The molecule has 0 saturated carbocycles. The molecular weight excluding hydrogens is 756 g/mol. The lowest BCUT2D eigenvalue weighted by atomic mass is 10.1. The number of amides is 1. The maximum atomic E-state index is 12.9. The summed E-state index contributed by atoms with van der Waals surface area (Å²) >= 11 is 0. The lowest BCUT2D eigenvalue weighted by Crippen LogP contribution is -2.45. The van der Waals surface area contributed by atoms with Gasteiger partial charge in [-0.1, -0.05) is 155 Å². The molecule has 3 N–H and O–H groups in total. The van der Waals surface area contributed by atoms with Gasteiger partial charge in [-0.3, -0.25) is 13.8 Å². The van der Waals surface area contributed by atoms with E-state index < -0.39 is 20.0 Å². The normalized spacial score (nSPS) is 15.3. The number of rotatable bonds is 39. The Hall–Kier alpha value is -2.84. The summed E-state index contributed by atoms with van der Waals surface area (Å²) in [4.78, 5) is 23.1. The number of allylic oxidation sites excluding steroid dienone is 17. The topological polar surface area (TPSA) is 105 Å². The number of phosphoric ester groups is 1. The summed E-state index contributed by atoms with van der Waals surface area (Å²) < 4.78 is 23.5. The average Bonchev–Trinajstić information content (AvgIpc) is 3.19. The quantitative estimate of drug-likeness (QED) is 0.0246. The van der Waals surface area contributed by atoms with E-state index in [0.29, 0.717) is 17.4 Å². The molecule has 0 aliphatic rings. The van der Waals surface area contributed by atoms with Gasteiger partial charge in [0.25, 0.3) is 0 Å². The Kier molecular flexibility index (Phi) is 38.6. The highest BCUT2D eigenvalue weighted by Crippen LogP contribution is 2.43. The van der Waals surface area contributed by atoms with Crippen molar-refractivity contribution in [3.05, 3.63) is 109 Å². The van der Waals surface area contributed by atoms with E-state index in [-0.39, 0.29) is 19.1 Å². The van der Waals surface area contributed by atoms with Gasteiger partial charge < -0.3 is 19.8 Å². The van der Waals surface area contributed by atoms with Gasteiger partial charge in [-0.25, -0.2) is 4.57 Å². The van der Waals surface area contributed by atoms with Crippen LogP contribution in [0, 0.1) is 0 Å². The van der Waals surface area contributed by atoms with Crippen LogP contribution in [0.15, 0.2) is 109 Å². The van der Waals surface area contributed by atoms with Crippen molar-refractivity contribution in [1.29, 1.82) is 0 Å². The van der Waals surface area contributed by atoms with Gasteiger partial charge in [0.05, 0.1) is 39.9 Å². The highest BCUT2D eigenvalue weighted by Gasteiger charge is 2.27. The van der Waals surface area contributed by atoms with Crippen molar-refractivity contribution in [2.24, 2.45) is 0 Å². The van der Waals surface area contributed by atoms with Crippen LogP contribution in [0.3, 0.4) is 0 Å². The summed E-state index contributed by atoms with van der Waals surface area (Å²) in [6, 6.07) is -0.890. The molecule has 336 valence electrons. The number of carbonyl (C=O) groups is 1. The number of unbranched alkanes of at least 4 members (excludes halogenated alkanes) is 10. The van der Waals surface area contributed by atoms with Crippen molar-refractivity contribution in [1.82, 2.24) is 5.32 Å². The minimum absolute atomic E-state index is 0.0414. The van der Waals surface area contributed by atoms with E-state index in [4.69, 9.17) is 9.05 Å². The maximum Gasteiger partial charge on any atom is 0.472 e. The fourth-order valence-electron chi connectivity index (χ4n) is 5.60. The predicted molar refractivity (Wildman–Crippen MR) is 253 cm³/mol. The molecule has 0 heterocycles. The van der Waals surface area contributed by atoms with Gasteiger partial charge in [0.1, 0.15) is 13.2 Å². The zero-order valence-electron chi connectivity index (χ0n) is 37.9. The Morgan fingerprint density at radius 2 is 1.03 bits per heavy atom. The van der Waals surface area contributed by atoms with E-state index in [9.17, 15) is 19.4 Å². The van der Waals surface area contributed by atoms with Gasteiger partial charge in [-0.2, -0.15) is 0 Å². The highest BCUT2D eigenvalue weighted by atomic mass is 31.2. The summed E-state index contributed by atoms with van der Waals surface area (Å²) in [6.07, 6.45) is 58.7. The van der Waals surface area contributed by atoms with Crippen LogP contribution < -0.4 is 5.32 Å². The summed E-state index contributed by atoms with van der Waals surface area (Å²) in [7, 11) is 1.50. The molecule has 0 radical (unpaired) electrons. The van der Waals surface area contributed by atoms with Gasteiger partial charge in [-0.05, 0) is 96.3 Å². The monoisotopic (exact) mass is 842 g/mol. The van der Waals surface area contributed by atoms with Crippen molar-refractivity contribution in [3.8, 4) is 0 Å². The van der Waals surface area contributed by atoms with E-state index >= 15 is 0 Å². The first-order chi connectivity index (χ1) is 28.5. The number of hydrogen-bond donors (Lipinski definition) is 3. The first-order valence-electron chi connectivity index (χ1n) is 22.8. The van der Waals surface area contributed by atoms with E-state index in [2.05, 4.69) is 116 Å². The number of aliphatic hydroxyl groups excluding tert-OH is 1. The number of nitrogens with zero attached hydrogens (tertiary/aromatic N) is 1. The van der Waals surface area contributed by atoms with Crippen LogP contribution in [0.25, 0.3) is 0 Å². The van der Waals surface area contributed by atoms with Crippen molar-refractivity contribution in [2.45, 2.75) is 161 Å². The Bertz CT molecular complexity index is 1320. The van der Waals surface area contributed by atoms with Crippen LogP contribution in [0.5, 0.6) is 0 Å². The van der Waals surface area contributed by atoms with Gasteiger partial charge in [0.15, 0.2) is 0 Å². The van der Waals surface area contributed by atoms with Crippen molar-refractivity contribution >= 4 is 13.7 Å². The van der Waals surface area contributed by atoms with E-state index in [1.807, 2.05) is 27.2 Å². The third-order valence-electron chi connectivity index (χ3n) is 9.20. The summed E-state index contributed by atoms with van der Waals surface area (Å²) in [5.41, 5.74) is 0. The molecule has 3 unspecified atom stereocenters. The minimum atomic E-state index is -4.36. The van der Waals surface area contributed by atoms with Gasteiger partial charge in [0.2, 0.25) is 5.91 Å². The molecule has 8 nitrogen and oxygen atoms in total. The third-order valence-corrected chi connectivity index (χ3v) is 10.2. The molecular formula is C50H86N2O6P+. The zero-order valence-corrected chi connectivity index (χ0v) is 38.8. The van der Waals surface area contributed by atoms with E-state index in [0.717, 1.165) is 103 Å². The largest absolute Gasteiger partial charge is 0.472 e. The highest BCUT2D eigenvalue weighted by molar-refractivity contribution is 7.47. The minimum Gasteiger partial charge on any atom is -0.387 e. The molecule has 9 heteroatoms. The molecule has 0 saturated heterocycles. The maximum absolute atomic E-state index is 12.9. The Labute approximate surface area is 361 Å². The van der Waals surface area contributed by atoms with Crippen molar-refractivity contribution < 1.29 is 32.9 Å². The van der Waals surface area contributed by atoms with Crippen molar-refractivity contribution in [2.75, 3.05) is 40.9 Å². The molecule has 0 fully saturated rings. The fourth-order valence-corrected chi connectivity index (χ4v) is 6.34. The van der Waals surface area contributed by atoms with E-state index in [1.54, 1.807) is 6.08 Å². The standard InChI is InChI=1S/C50H85N2O6P/c1-6-8-10-12-14-16-18-20-22-23-24-25-26-27-28-29-30-32-34-36-38-40-42-44-50(54)51-48(47-58-59(55,56)57-46-45-52(3,4)5)49(53)43-41-39-37-35-33-31-21-19-17-15-13-11-9-7-2/h8,10,14,16-17,19-20,22,24-25,27-28,30,32-33,35,41,43,48-49,53H,6-7,9,11-13,15,18,21,23,26,29,31,34,36-40,42,44-47H2,1-5H3,(H-,51,54,55,56)/p+1/b10-8-,16-14-,19-17+,22-20-,25-24-,28-27-,32-30-,35-33+,43-41+. The van der Waals surface area contributed by atoms with Crippen LogP contribution in [-0.2, 0) is 18.4 Å². The second-order valence-corrected chi connectivity index (χ2v) is 17.5. The predicted octanol–water partition coefficient (Wildman–Crippen LogP) is 12.9. The SMILES string of the molecule is CC/C=C\C/C=C\C/C=C\C/C=C\C/C=C\C/C=C\CCCCCCC(=O)NC(COP(=O)(O)OCC[N+](C)(C)C)C(O)/C=C/CC/C=C/CC/C=C/CCCCCC. The van der Waals surface area contributed by atoms with Gasteiger partial charge in [0, 0.05) is 6.42 Å². The van der Waals surface area contributed by atoms with Gasteiger partial charge in [-0.15, -0.1) is 0 Å². The molecule has 3 atom stereocenters. The van der Waals surface area contributed by atoms with Crippen LogP contribution in [0.2, 0.25) is 0 Å². The summed E-state index contributed by atoms with van der Waals surface area (Å²) in [6.45, 7) is 4.59. The number of carbonyl (C=O) groups excluding carboxylic acids is 1. The Morgan fingerprint density at radius 3 is 1.54 bits per heavy atom. The van der Waals surface area contributed by atoms with Crippen LogP contribution in [-0.4, -0.2) is 73.4 Å². The third kappa shape index (κ3) is 43.1. The first kappa shape index (κ1) is 56.2. The fraction of sp³-hybridized carbons (Fsp3) is 0.620. The second kappa shape index (κ2) is 40.6. The number of phosphoric acid groups is 1. The Balaban J connectivity index is 4.52. The van der Waals surface area contributed by atoms with Crippen LogP contribution in [0.4, 0.5) is 0 Å². The molecule has 0 bridgehead atoms. The number of quaternary nitrogens is 1. The number of nitrogens with one attached hydrogen (secondary N) is 1. The lowest BCUT2D eigenvalue weighted by molar-refractivity contribution is -0.870. The lowest BCUT2D eigenvalue weighted by Gasteiger charge is -2.25. The van der Waals surface area contributed by atoms with Crippen LogP contribution in [0.1, 0.15) is 149 Å². The number of hydrogen-bond acceptors (Lipinski definition) is 5. The molecule has 0 aliphatic carbocycles. The second-order valence-electron chi connectivity index (χ2n) is 16.0.